The van der Waals surface area contributed by atoms with Crippen molar-refractivity contribution in [2.24, 2.45) is 0 Å². The van der Waals surface area contributed by atoms with Crippen molar-refractivity contribution in [3.8, 4) is 0 Å². The largest absolute Gasteiger partial charge is 0.444 e. The lowest BCUT2D eigenvalue weighted by atomic mass is 9.94. The Morgan fingerprint density at radius 3 is 2.11 bits per heavy atom. The summed E-state index contributed by atoms with van der Waals surface area (Å²) in [4.78, 5) is 33.8. The molecule has 2 rings (SSSR count). The van der Waals surface area contributed by atoms with E-state index in [1.807, 2.05) is 58.0 Å². The number of rotatable bonds is 10. The van der Waals surface area contributed by atoms with Crippen LogP contribution in [-0.2, 0) is 22.4 Å². The predicted molar refractivity (Wildman–Crippen MR) is 136 cm³/mol. The highest BCUT2D eigenvalue weighted by Gasteiger charge is 2.30. The molecular weight excluding hydrogens is 446 g/mol. The van der Waals surface area contributed by atoms with Crippen LogP contribution in [0.15, 0.2) is 6.33 Å². The molecule has 0 unspecified atom stereocenters. The van der Waals surface area contributed by atoms with E-state index < -0.39 is 11.2 Å². The van der Waals surface area contributed by atoms with Gasteiger partial charge in [-0.15, -0.1) is 0 Å². The van der Waals surface area contributed by atoms with Gasteiger partial charge in [0.2, 0.25) is 0 Å². The quantitative estimate of drug-likeness (QED) is 0.432. The van der Waals surface area contributed by atoms with Gasteiger partial charge in [0.15, 0.2) is 0 Å². The number of nitrogens with zero attached hydrogens (tertiary/aromatic N) is 5. The third kappa shape index (κ3) is 10.9. The molecule has 0 aliphatic heterocycles. The van der Waals surface area contributed by atoms with Crippen LogP contribution in [0.3, 0.4) is 0 Å². The maximum Gasteiger partial charge on any atom is 0.410 e. The van der Waals surface area contributed by atoms with E-state index in [0.29, 0.717) is 32.6 Å². The molecule has 1 aromatic rings. The van der Waals surface area contributed by atoms with Gasteiger partial charge in [-0.1, -0.05) is 26.2 Å². The summed E-state index contributed by atoms with van der Waals surface area (Å²) in [5.41, 5.74) is -1.10. The molecule has 0 N–H and O–H groups in total. The van der Waals surface area contributed by atoms with Crippen molar-refractivity contribution in [1.29, 1.82) is 0 Å². The number of hydrogen-bond donors (Lipinski definition) is 0. The molecule has 0 saturated heterocycles. The van der Waals surface area contributed by atoms with Gasteiger partial charge < -0.3 is 19.3 Å². The zero-order valence-electron chi connectivity index (χ0n) is 23.0. The minimum atomic E-state index is -0.568. The molecule has 0 spiro atoms. The van der Waals surface area contributed by atoms with Crippen molar-refractivity contribution in [1.82, 2.24) is 24.6 Å². The van der Waals surface area contributed by atoms with Crippen molar-refractivity contribution in [2.45, 2.75) is 124 Å². The van der Waals surface area contributed by atoms with Crippen LogP contribution in [-0.4, -0.2) is 73.6 Å². The fraction of sp³-hybridized carbons (Fsp3) is 0.846. The third-order valence-corrected chi connectivity index (χ3v) is 5.84. The van der Waals surface area contributed by atoms with Crippen molar-refractivity contribution in [2.75, 3.05) is 19.6 Å². The van der Waals surface area contributed by atoms with Crippen LogP contribution in [0, 0.1) is 0 Å². The predicted octanol–water partition coefficient (Wildman–Crippen LogP) is 5.43. The molecule has 1 aliphatic carbocycles. The van der Waals surface area contributed by atoms with Gasteiger partial charge >= 0.3 is 12.2 Å². The first-order valence-electron chi connectivity index (χ1n) is 13.2. The van der Waals surface area contributed by atoms with Crippen LogP contribution in [0.2, 0.25) is 0 Å². The van der Waals surface area contributed by atoms with Gasteiger partial charge in [0, 0.05) is 38.6 Å². The van der Waals surface area contributed by atoms with Crippen molar-refractivity contribution < 1.29 is 19.1 Å². The first kappa shape index (κ1) is 28.9. The monoisotopic (exact) mass is 493 g/mol. The normalized spacial score (nSPS) is 15.1. The van der Waals surface area contributed by atoms with Crippen LogP contribution < -0.4 is 0 Å². The topological polar surface area (TPSA) is 89.8 Å². The average Bonchev–Trinajstić information content (AvgIpc) is 3.21. The molecule has 1 fully saturated rings. The summed E-state index contributed by atoms with van der Waals surface area (Å²) in [5.74, 6) is 0.818. The summed E-state index contributed by atoms with van der Waals surface area (Å²) in [7, 11) is 0. The van der Waals surface area contributed by atoms with Gasteiger partial charge in [-0.2, -0.15) is 5.10 Å². The van der Waals surface area contributed by atoms with E-state index in [-0.39, 0.29) is 18.2 Å². The van der Waals surface area contributed by atoms with E-state index >= 15 is 0 Å². The Kier molecular flexibility index (Phi) is 10.8. The summed E-state index contributed by atoms with van der Waals surface area (Å²) < 4.78 is 13.2. The SMILES string of the molecule is CCc1ncn(CCCN(CCCN(C(=O)OC(C)(C)C)C2CCCCC2)C(=O)OC(C)(C)C)n1. The molecule has 0 aromatic carbocycles. The highest BCUT2D eigenvalue weighted by molar-refractivity contribution is 5.69. The summed E-state index contributed by atoms with van der Waals surface area (Å²) in [6, 6.07) is 0.202. The number of aromatic nitrogens is 3. The molecular formula is C26H47N5O4. The number of hydrogen-bond acceptors (Lipinski definition) is 6. The number of carbonyl (C=O) groups excluding carboxylic acids is 2. The molecule has 1 saturated carbocycles. The Hall–Kier alpha value is -2.32. The van der Waals surface area contributed by atoms with Crippen molar-refractivity contribution >= 4 is 12.2 Å². The number of amides is 2. The van der Waals surface area contributed by atoms with E-state index in [4.69, 9.17) is 9.47 Å². The first-order valence-corrected chi connectivity index (χ1v) is 13.2. The molecule has 0 atom stereocenters. The van der Waals surface area contributed by atoms with E-state index in [9.17, 15) is 9.59 Å². The zero-order chi connectivity index (χ0) is 26.1. The molecule has 35 heavy (non-hydrogen) atoms. The summed E-state index contributed by atoms with van der Waals surface area (Å²) >= 11 is 0. The maximum atomic E-state index is 13.0. The third-order valence-electron chi connectivity index (χ3n) is 5.84. The van der Waals surface area contributed by atoms with Gasteiger partial charge in [-0.25, -0.2) is 14.6 Å². The molecule has 1 aromatic heterocycles. The van der Waals surface area contributed by atoms with Crippen LogP contribution in [0.25, 0.3) is 0 Å². The highest BCUT2D eigenvalue weighted by atomic mass is 16.6. The summed E-state index contributed by atoms with van der Waals surface area (Å²) in [6.45, 7) is 15.6. The highest BCUT2D eigenvalue weighted by Crippen LogP contribution is 2.25. The van der Waals surface area contributed by atoms with Gasteiger partial charge in [-0.3, -0.25) is 4.68 Å². The van der Waals surface area contributed by atoms with Gasteiger partial charge in [0.05, 0.1) is 0 Å². The van der Waals surface area contributed by atoms with E-state index in [0.717, 1.165) is 44.3 Å². The maximum absolute atomic E-state index is 13.0. The minimum Gasteiger partial charge on any atom is -0.444 e. The summed E-state index contributed by atoms with van der Waals surface area (Å²) in [6.07, 6.45) is 8.86. The van der Waals surface area contributed by atoms with Crippen molar-refractivity contribution in [3.05, 3.63) is 12.2 Å². The van der Waals surface area contributed by atoms with Gasteiger partial charge in [-0.05, 0) is 67.2 Å². The Bertz CT molecular complexity index is 790. The molecule has 9 heteroatoms. The lowest BCUT2D eigenvalue weighted by Crippen LogP contribution is -2.46. The van der Waals surface area contributed by atoms with Crippen LogP contribution in [0.5, 0.6) is 0 Å². The molecule has 1 aliphatic rings. The van der Waals surface area contributed by atoms with Crippen LogP contribution in [0.1, 0.15) is 99.2 Å². The second kappa shape index (κ2) is 13.1. The zero-order valence-corrected chi connectivity index (χ0v) is 23.0. The number of ether oxygens (including phenoxy) is 2. The van der Waals surface area contributed by atoms with E-state index in [2.05, 4.69) is 10.1 Å². The molecule has 9 nitrogen and oxygen atoms in total. The van der Waals surface area contributed by atoms with Crippen molar-refractivity contribution in [3.63, 3.8) is 0 Å². The summed E-state index contributed by atoms with van der Waals surface area (Å²) in [5, 5.41) is 4.43. The fourth-order valence-corrected chi connectivity index (χ4v) is 4.22. The second-order valence-electron chi connectivity index (χ2n) is 11.4. The standard InChI is InChI=1S/C26H47N5O4/c1-8-22-27-20-30(28-22)18-12-16-29(23(32)34-25(2,3)4)17-13-19-31(21-14-10-9-11-15-21)24(33)35-26(5,6)7/h20-21H,8-19H2,1-7H3. The Balaban J connectivity index is 1.99. The Morgan fingerprint density at radius 2 is 1.54 bits per heavy atom. The molecule has 1 heterocycles. The Morgan fingerprint density at radius 1 is 0.943 bits per heavy atom. The van der Waals surface area contributed by atoms with E-state index in [1.165, 1.54) is 6.42 Å². The Labute approximate surface area is 211 Å². The smallest absolute Gasteiger partial charge is 0.410 e. The van der Waals surface area contributed by atoms with Crippen LogP contribution >= 0.6 is 0 Å². The van der Waals surface area contributed by atoms with Gasteiger partial charge in [0.1, 0.15) is 23.4 Å². The average molecular weight is 494 g/mol. The minimum absolute atomic E-state index is 0.202. The molecule has 2 amide bonds. The molecule has 200 valence electrons. The number of carbonyl (C=O) groups is 2. The van der Waals surface area contributed by atoms with Crippen LogP contribution in [0.4, 0.5) is 9.59 Å². The fourth-order valence-electron chi connectivity index (χ4n) is 4.22. The first-order chi connectivity index (χ1) is 16.4. The van der Waals surface area contributed by atoms with Gasteiger partial charge in [0.25, 0.3) is 0 Å². The lowest BCUT2D eigenvalue weighted by molar-refractivity contribution is 0.00995. The number of aryl methyl sites for hydroxylation is 2. The molecule has 0 radical (unpaired) electrons. The lowest BCUT2D eigenvalue weighted by Gasteiger charge is -2.36. The molecule has 0 bridgehead atoms. The van der Waals surface area contributed by atoms with E-state index in [1.54, 1.807) is 11.2 Å². The second-order valence-corrected chi connectivity index (χ2v) is 11.4.